The first-order valence-corrected chi connectivity index (χ1v) is 11.6. The van der Waals surface area contributed by atoms with Gasteiger partial charge in [-0.1, -0.05) is 42.5 Å². The first kappa shape index (κ1) is 23.4. The summed E-state index contributed by atoms with van der Waals surface area (Å²) in [6.07, 6.45) is 0.825. The predicted octanol–water partition coefficient (Wildman–Crippen LogP) is 5.13. The zero-order chi connectivity index (χ0) is 23.9. The van der Waals surface area contributed by atoms with Crippen LogP contribution in [0, 0.1) is 20.8 Å². The van der Waals surface area contributed by atoms with E-state index in [9.17, 15) is 4.79 Å². The van der Waals surface area contributed by atoms with Crippen molar-refractivity contribution in [2.75, 3.05) is 13.2 Å². The fraction of sp³-hybridized carbons (Fsp3) is 0.286. The van der Waals surface area contributed by atoms with Gasteiger partial charge in [-0.05, 0) is 68.1 Å². The first-order chi connectivity index (χ1) is 16.5. The second-order valence-electron chi connectivity index (χ2n) is 8.47. The third kappa shape index (κ3) is 5.76. The summed E-state index contributed by atoms with van der Waals surface area (Å²) < 4.78 is 13.8. The van der Waals surface area contributed by atoms with Gasteiger partial charge in [0.2, 0.25) is 0 Å². The zero-order valence-electron chi connectivity index (χ0n) is 20.0. The van der Waals surface area contributed by atoms with Crippen molar-refractivity contribution in [3.05, 3.63) is 89.2 Å². The summed E-state index contributed by atoms with van der Waals surface area (Å²) in [6, 6.07) is 22.0. The van der Waals surface area contributed by atoms with Crippen LogP contribution < -0.4 is 14.8 Å². The minimum Gasteiger partial charge on any atom is -0.493 e. The van der Waals surface area contributed by atoms with Gasteiger partial charge in [0.25, 0.3) is 5.91 Å². The molecule has 6 heteroatoms. The van der Waals surface area contributed by atoms with E-state index in [2.05, 4.69) is 16.0 Å². The zero-order valence-corrected chi connectivity index (χ0v) is 20.0. The molecule has 0 aliphatic rings. The SMILES string of the molecule is Cc1ccc(C)c(OCC(=O)NCc2nc3ccccc3n2CCCOc2ccccc2C)c1. The van der Waals surface area contributed by atoms with E-state index in [0.717, 1.165) is 58.0 Å². The Morgan fingerprint density at radius 2 is 1.68 bits per heavy atom. The highest BCUT2D eigenvalue weighted by molar-refractivity contribution is 5.78. The van der Waals surface area contributed by atoms with Crippen molar-refractivity contribution in [1.29, 1.82) is 0 Å². The Morgan fingerprint density at radius 1 is 0.912 bits per heavy atom. The number of carbonyl (C=O) groups is 1. The van der Waals surface area contributed by atoms with Gasteiger partial charge in [0.1, 0.15) is 17.3 Å². The number of hydrogen-bond acceptors (Lipinski definition) is 4. The van der Waals surface area contributed by atoms with Crippen LogP contribution in [-0.4, -0.2) is 28.7 Å². The number of nitrogens with one attached hydrogen (secondary N) is 1. The first-order valence-electron chi connectivity index (χ1n) is 11.6. The van der Waals surface area contributed by atoms with Gasteiger partial charge in [-0.15, -0.1) is 0 Å². The Kier molecular flexibility index (Phi) is 7.48. The van der Waals surface area contributed by atoms with Gasteiger partial charge in [0.15, 0.2) is 6.61 Å². The molecule has 0 aliphatic heterocycles. The second-order valence-corrected chi connectivity index (χ2v) is 8.47. The molecule has 0 unspecified atom stereocenters. The molecule has 176 valence electrons. The number of aryl methyl sites for hydroxylation is 4. The fourth-order valence-electron chi connectivity index (χ4n) is 3.87. The minimum absolute atomic E-state index is 0.0329. The van der Waals surface area contributed by atoms with Crippen molar-refractivity contribution in [3.8, 4) is 11.5 Å². The Hall–Kier alpha value is -3.80. The number of amides is 1. The number of ether oxygens (including phenoxy) is 2. The predicted molar refractivity (Wildman–Crippen MR) is 134 cm³/mol. The summed E-state index contributed by atoms with van der Waals surface area (Å²) in [6.45, 7) is 7.67. The molecule has 4 aromatic rings. The minimum atomic E-state index is -0.178. The highest BCUT2D eigenvalue weighted by Gasteiger charge is 2.12. The maximum absolute atomic E-state index is 12.5. The molecule has 6 nitrogen and oxygen atoms in total. The lowest BCUT2D eigenvalue weighted by Gasteiger charge is -2.13. The van der Waals surface area contributed by atoms with Crippen molar-refractivity contribution in [2.45, 2.75) is 40.3 Å². The summed E-state index contributed by atoms with van der Waals surface area (Å²) in [5.41, 5.74) is 5.20. The number of para-hydroxylation sites is 3. The number of aromatic nitrogens is 2. The fourth-order valence-corrected chi connectivity index (χ4v) is 3.87. The van der Waals surface area contributed by atoms with Crippen molar-refractivity contribution in [1.82, 2.24) is 14.9 Å². The molecule has 1 amide bonds. The highest BCUT2D eigenvalue weighted by atomic mass is 16.5. The average Bonchev–Trinajstić information content (AvgIpc) is 3.19. The average molecular weight is 458 g/mol. The molecule has 0 radical (unpaired) electrons. The third-order valence-electron chi connectivity index (χ3n) is 5.76. The second kappa shape index (κ2) is 10.9. The number of imidazole rings is 1. The molecular formula is C28H31N3O3. The molecule has 4 rings (SSSR count). The molecule has 34 heavy (non-hydrogen) atoms. The van der Waals surface area contributed by atoms with Crippen LogP contribution in [0.15, 0.2) is 66.7 Å². The van der Waals surface area contributed by atoms with E-state index in [1.54, 1.807) is 0 Å². The molecule has 0 fully saturated rings. The van der Waals surface area contributed by atoms with Gasteiger partial charge in [0, 0.05) is 6.54 Å². The normalized spacial score (nSPS) is 10.9. The lowest BCUT2D eigenvalue weighted by atomic mass is 10.1. The van der Waals surface area contributed by atoms with Crippen molar-refractivity contribution < 1.29 is 14.3 Å². The largest absolute Gasteiger partial charge is 0.493 e. The molecule has 1 N–H and O–H groups in total. The van der Waals surface area contributed by atoms with Gasteiger partial charge < -0.3 is 19.4 Å². The highest BCUT2D eigenvalue weighted by Crippen LogP contribution is 2.20. The number of carbonyl (C=O) groups excluding carboxylic acids is 1. The maximum atomic E-state index is 12.5. The van der Waals surface area contributed by atoms with E-state index in [-0.39, 0.29) is 12.5 Å². The van der Waals surface area contributed by atoms with Crippen LogP contribution >= 0.6 is 0 Å². The summed E-state index contributed by atoms with van der Waals surface area (Å²) >= 11 is 0. The van der Waals surface area contributed by atoms with Crippen LogP contribution in [0.1, 0.15) is 28.9 Å². The van der Waals surface area contributed by atoms with E-state index in [4.69, 9.17) is 14.5 Å². The van der Waals surface area contributed by atoms with E-state index in [0.29, 0.717) is 13.2 Å². The number of fused-ring (bicyclic) bond motifs is 1. The monoisotopic (exact) mass is 457 g/mol. The van der Waals surface area contributed by atoms with Crippen LogP contribution in [0.3, 0.4) is 0 Å². The van der Waals surface area contributed by atoms with Crippen LogP contribution in [-0.2, 0) is 17.9 Å². The van der Waals surface area contributed by atoms with Gasteiger partial charge >= 0.3 is 0 Å². The third-order valence-corrected chi connectivity index (χ3v) is 5.76. The topological polar surface area (TPSA) is 65.4 Å². The Morgan fingerprint density at radius 3 is 2.53 bits per heavy atom. The summed E-state index contributed by atoms with van der Waals surface area (Å²) in [5, 5.41) is 2.95. The number of hydrogen-bond donors (Lipinski definition) is 1. The molecule has 1 heterocycles. The van der Waals surface area contributed by atoms with E-state index in [1.807, 2.05) is 81.4 Å². The van der Waals surface area contributed by atoms with E-state index >= 15 is 0 Å². The lowest BCUT2D eigenvalue weighted by molar-refractivity contribution is -0.123. The van der Waals surface area contributed by atoms with Gasteiger partial charge in [-0.2, -0.15) is 0 Å². The van der Waals surface area contributed by atoms with E-state index < -0.39 is 0 Å². The molecule has 0 spiro atoms. The quantitative estimate of drug-likeness (QED) is 0.336. The lowest BCUT2D eigenvalue weighted by Crippen LogP contribution is -2.29. The molecule has 1 aromatic heterocycles. The van der Waals surface area contributed by atoms with Crippen molar-refractivity contribution in [2.24, 2.45) is 0 Å². The summed E-state index contributed by atoms with van der Waals surface area (Å²) in [5.74, 6) is 2.28. The van der Waals surface area contributed by atoms with Gasteiger partial charge in [-0.25, -0.2) is 4.98 Å². The molecule has 3 aromatic carbocycles. The van der Waals surface area contributed by atoms with E-state index in [1.165, 1.54) is 0 Å². The molecule has 0 bridgehead atoms. The van der Waals surface area contributed by atoms with Gasteiger partial charge in [0.05, 0.1) is 24.2 Å². The molecule has 0 aliphatic carbocycles. The van der Waals surface area contributed by atoms with Crippen molar-refractivity contribution >= 4 is 16.9 Å². The van der Waals surface area contributed by atoms with Crippen LogP contribution in [0.25, 0.3) is 11.0 Å². The maximum Gasteiger partial charge on any atom is 0.258 e. The summed E-state index contributed by atoms with van der Waals surface area (Å²) in [4.78, 5) is 17.2. The number of benzene rings is 3. The Labute approximate surface area is 200 Å². The molecular weight excluding hydrogens is 426 g/mol. The standard InChI is InChI=1S/C28H31N3O3/c1-20-13-14-22(3)26(17-20)34-19-28(32)29-18-27-30-23-10-5-6-11-24(23)31(27)15-8-16-33-25-12-7-4-9-21(25)2/h4-7,9-14,17H,8,15-16,18-19H2,1-3H3,(H,29,32). The molecule has 0 saturated carbocycles. The Balaban J connectivity index is 1.36. The van der Waals surface area contributed by atoms with Gasteiger partial charge in [-0.3, -0.25) is 4.79 Å². The van der Waals surface area contributed by atoms with Crippen LogP contribution in [0.5, 0.6) is 11.5 Å². The summed E-state index contributed by atoms with van der Waals surface area (Å²) in [7, 11) is 0. The van der Waals surface area contributed by atoms with Crippen molar-refractivity contribution in [3.63, 3.8) is 0 Å². The molecule has 0 atom stereocenters. The van der Waals surface area contributed by atoms with Crippen LogP contribution in [0.2, 0.25) is 0 Å². The number of nitrogens with zero attached hydrogens (tertiary/aromatic N) is 2. The smallest absolute Gasteiger partial charge is 0.258 e. The molecule has 0 saturated heterocycles. The Bertz CT molecular complexity index is 1280. The van der Waals surface area contributed by atoms with Crippen LogP contribution in [0.4, 0.5) is 0 Å². The number of rotatable bonds is 10.